The van der Waals surface area contributed by atoms with E-state index in [1.54, 1.807) is 0 Å². The van der Waals surface area contributed by atoms with Gasteiger partial charge in [-0.3, -0.25) is 9.59 Å². The Hall–Kier alpha value is -3.32. The number of allylic oxidation sites excluding steroid dienone is 14. The van der Waals surface area contributed by atoms with Gasteiger partial charge in [-0.25, -0.2) is 0 Å². The Morgan fingerprint density at radius 2 is 0.829 bits per heavy atom. The normalized spacial score (nSPS) is 25.0. The third kappa shape index (κ3) is 33.2. The van der Waals surface area contributed by atoms with Crippen molar-refractivity contribution in [2.45, 2.75) is 261 Å². The fraction of sp³-hybridized carbons (Fsp3) is 0.738. The van der Waals surface area contributed by atoms with Gasteiger partial charge in [0.15, 0.2) is 18.7 Å². The van der Waals surface area contributed by atoms with Crippen molar-refractivity contribution in [3.63, 3.8) is 0 Å². The molecule has 15 heteroatoms. The minimum atomic E-state index is -1.78. The summed E-state index contributed by atoms with van der Waals surface area (Å²) in [4.78, 5) is 25.9. The van der Waals surface area contributed by atoms with E-state index >= 15 is 0 Å². The van der Waals surface area contributed by atoms with Crippen LogP contribution in [0.15, 0.2) is 85.1 Å². The fourth-order valence-corrected chi connectivity index (χ4v) is 8.63. The molecule has 2 rings (SSSR count). The van der Waals surface area contributed by atoms with Crippen LogP contribution in [0.1, 0.15) is 194 Å². The van der Waals surface area contributed by atoms with Crippen LogP contribution in [0.4, 0.5) is 0 Å². The highest BCUT2D eigenvalue weighted by molar-refractivity contribution is 5.70. The quantitative estimate of drug-likeness (QED) is 0.0171. The van der Waals surface area contributed by atoms with Crippen LogP contribution in [0.5, 0.6) is 0 Å². The summed E-state index contributed by atoms with van der Waals surface area (Å²) in [5, 5.41) is 72.3. The second-order valence-electron chi connectivity index (χ2n) is 20.1. The van der Waals surface area contributed by atoms with E-state index in [9.17, 15) is 45.3 Å². The highest BCUT2D eigenvalue weighted by Crippen LogP contribution is 2.26. The lowest BCUT2D eigenvalue weighted by Gasteiger charge is -2.42. The topological polar surface area (TPSA) is 231 Å². The minimum absolute atomic E-state index is 0.121. The monoisotopic (exact) mass is 1070 g/mol. The SMILES string of the molecule is CC/C=C\C/C=C\C/C=C\C/C=C\C/C=C\CCCCCC(=O)OC(COC(=O)CCCCCCCCCCC/C=C\C/C=C\CCCCCCC)COC1OC(COC2OC(CO)C(O)C(O)C2O)C(O)C(O)C1O. The average Bonchev–Trinajstić information content (AvgIpc) is 3.41. The van der Waals surface area contributed by atoms with E-state index in [-0.39, 0.29) is 19.4 Å². The zero-order chi connectivity index (χ0) is 55.3. The van der Waals surface area contributed by atoms with Gasteiger partial charge in [-0.05, 0) is 89.9 Å². The zero-order valence-electron chi connectivity index (χ0n) is 46.5. The van der Waals surface area contributed by atoms with Crippen LogP contribution in [0, 0.1) is 0 Å². The molecule has 0 radical (unpaired) electrons. The van der Waals surface area contributed by atoms with Crippen LogP contribution in [0.2, 0.25) is 0 Å². The standard InChI is InChI=1S/C61H102O15/c1-3-5-7-9-11-13-15-17-19-21-23-24-26-27-29-31-33-35-37-39-41-43-52(63)71-46-49(74-53(64)44-42-40-38-36-34-32-30-28-25-22-20-18-16-14-12-10-8-6-4-2)47-72-60-59(70)57(68)55(66)51(76-60)48-73-61-58(69)56(67)54(65)50(45-62)75-61/h6,8,12,14-15,17-18,20-21,23,25,28,32,34,49-51,54-62,65-70H,3-5,7,9-11,13,16,19,22,24,26-27,29-31,33,35-48H2,1-2H3/b8-6-,14-12-,17-15-,20-18-,23-21-,28-25-,34-32-. The summed E-state index contributed by atoms with van der Waals surface area (Å²) in [5.74, 6) is -0.971. The Kier molecular flexibility index (Phi) is 42.2. The summed E-state index contributed by atoms with van der Waals surface area (Å²) >= 11 is 0. The molecule has 0 aromatic carbocycles. The van der Waals surface area contributed by atoms with Crippen molar-refractivity contribution in [1.82, 2.24) is 0 Å². The van der Waals surface area contributed by atoms with Gasteiger partial charge in [0.05, 0.1) is 19.8 Å². The highest BCUT2D eigenvalue weighted by atomic mass is 16.7. The molecule has 436 valence electrons. The summed E-state index contributed by atoms with van der Waals surface area (Å²) in [7, 11) is 0. The van der Waals surface area contributed by atoms with E-state index in [0.29, 0.717) is 12.8 Å². The molecule has 0 aromatic heterocycles. The van der Waals surface area contributed by atoms with Crippen molar-refractivity contribution in [2.24, 2.45) is 0 Å². The van der Waals surface area contributed by atoms with E-state index in [2.05, 4.69) is 98.9 Å². The predicted molar refractivity (Wildman–Crippen MR) is 298 cm³/mol. The van der Waals surface area contributed by atoms with E-state index in [0.717, 1.165) is 83.5 Å². The molecule has 11 unspecified atom stereocenters. The molecule has 0 aromatic rings. The molecule has 15 nitrogen and oxygen atoms in total. The third-order valence-electron chi connectivity index (χ3n) is 13.4. The highest BCUT2D eigenvalue weighted by Gasteiger charge is 2.47. The Labute approximate surface area is 456 Å². The average molecular weight is 1080 g/mol. The van der Waals surface area contributed by atoms with Crippen LogP contribution < -0.4 is 0 Å². The Morgan fingerprint density at radius 3 is 1.32 bits per heavy atom. The van der Waals surface area contributed by atoms with Gasteiger partial charge >= 0.3 is 11.9 Å². The molecule has 7 N–H and O–H groups in total. The molecular formula is C61H102O15. The molecule has 0 bridgehead atoms. The van der Waals surface area contributed by atoms with Gasteiger partial charge in [-0.2, -0.15) is 0 Å². The molecule has 2 aliphatic rings. The van der Waals surface area contributed by atoms with Crippen molar-refractivity contribution in [3.8, 4) is 0 Å². The molecule has 2 saturated heterocycles. The first kappa shape index (κ1) is 68.8. The fourth-order valence-electron chi connectivity index (χ4n) is 8.63. The molecule has 2 fully saturated rings. The molecule has 2 aliphatic heterocycles. The van der Waals surface area contributed by atoms with Gasteiger partial charge in [0.1, 0.15) is 55.4 Å². The van der Waals surface area contributed by atoms with Gasteiger partial charge in [0.2, 0.25) is 0 Å². The number of rotatable bonds is 45. The lowest BCUT2D eigenvalue weighted by atomic mass is 9.98. The molecule has 76 heavy (non-hydrogen) atoms. The molecule has 2 heterocycles. The first-order valence-electron chi connectivity index (χ1n) is 29.2. The first-order chi connectivity index (χ1) is 37.0. The van der Waals surface area contributed by atoms with Gasteiger partial charge in [0.25, 0.3) is 0 Å². The predicted octanol–water partition coefficient (Wildman–Crippen LogP) is 9.94. The maximum atomic E-state index is 13.1. The lowest BCUT2D eigenvalue weighted by Crippen LogP contribution is -2.61. The molecule has 11 atom stereocenters. The summed E-state index contributed by atoms with van der Waals surface area (Å²) in [6, 6.07) is 0. The van der Waals surface area contributed by atoms with E-state index in [1.807, 2.05) is 0 Å². The summed E-state index contributed by atoms with van der Waals surface area (Å²) in [6.07, 6.45) is 41.7. The van der Waals surface area contributed by atoms with Crippen LogP contribution >= 0.6 is 0 Å². The van der Waals surface area contributed by atoms with Gasteiger partial charge in [0, 0.05) is 12.8 Å². The smallest absolute Gasteiger partial charge is 0.306 e. The van der Waals surface area contributed by atoms with E-state index in [4.69, 9.17) is 28.4 Å². The van der Waals surface area contributed by atoms with Crippen molar-refractivity contribution < 1.29 is 73.8 Å². The summed E-state index contributed by atoms with van der Waals surface area (Å²) in [6.45, 7) is 2.43. The number of unbranched alkanes of at least 4 members (excludes halogenated alkanes) is 17. The van der Waals surface area contributed by atoms with Crippen LogP contribution in [-0.4, -0.2) is 142 Å². The summed E-state index contributed by atoms with van der Waals surface area (Å²) in [5.41, 5.74) is 0. The number of esters is 2. The lowest BCUT2D eigenvalue weighted by molar-refractivity contribution is -0.332. The number of aliphatic hydroxyl groups excluding tert-OH is 7. The van der Waals surface area contributed by atoms with Gasteiger partial charge in [-0.1, -0.05) is 176 Å². The van der Waals surface area contributed by atoms with Crippen molar-refractivity contribution in [2.75, 3.05) is 26.4 Å². The Balaban J connectivity index is 1.77. The number of carbonyl (C=O) groups is 2. The number of hydrogen-bond donors (Lipinski definition) is 7. The molecule has 0 amide bonds. The van der Waals surface area contributed by atoms with Crippen molar-refractivity contribution in [3.05, 3.63) is 85.1 Å². The Morgan fingerprint density at radius 1 is 0.434 bits per heavy atom. The van der Waals surface area contributed by atoms with Crippen molar-refractivity contribution >= 4 is 11.9 Å². The van der Waals surface area contributed by atoms with E-state index < -0.39 is 99.3 Å². The number of aliphatic hydroxyl groups is 7. The van der Waals surface area contributed by atoms with Gasteiger partial charge in [-0.15, -0.1) is 0 Å². The maximum absolute atomic E-state index is 13.1. The third-order valence-corrected chi connectivity index (χ3v) is 13.4. The van der Waals surface area contributed by atoms with E-state index in [1.165, 1.54) is 70.6 Å². The second kappa shape index (κ2) is 46.6. The first-order valence-corrected chi connectivity index (χ1v) is 29.2. The molecule has 0 saturated carbocycles. The Bertz CT molecular complexity index is 1640. The molecule has 0 aliphatic carbocycles. The maximum Gasteiger partial charge on any atom is 0.306 e. The summed E-state index contributed by atoms with van der Waals surface area (Å²) < 4.78 is 33.7. The molecule has 0 spiro atoms. The van der Waals surface area contributed by atoms with Crippen molar-refractivity contribution in [1.29, 1.82) is 0 Å². The van der Waals surface area contributed by atoms with Crippen LogP contribution in [0.3, 0.4) is 0 Å². The largest absolute Gasteiger partial charge is 0.462 e. The second-order valence-corrected chi connectivity index (χ2v) is 20.1. The molecular weight excluding hydrogens is 973 g/mol. The number of hydrogen-bond acceptors (Lipinski definition) is 15. The van der Waals surface area contributed by atoms with Crippen LogP contribution in [-0.2, 0) is 38.0 Å². The number of carbonyl (C=O) groups excluding carboxylic acids is 2. The minimum Gasteiger partial charge on any atom is -0.462 e. The number of ether oxygens (including phenoxy) is 6. The zero-order valence-corrected chi connectivity index (χ0v) is 46.5. The van der Waals surface area contributed by atoms with Gasteiger partial charge < -0.3 is 64.2 Å². The van der Waals surface area contributed by atoms with Crippen LogP contribution in [0.25, 0.3) is 0 Å².